The van der Waals surface area contributed by atoms with Crippen molar-refractivity contribution < 1.29 is 14.3 Å². The first-order chi connectivity index (χ1) is 11.0. The van der Waals surface area contributed by atoms with E-state index in [0.717, 1.165) is 15.5 Å². The standard InChI is InChI=1S/C15H15N3O3S2/c1-4-21-14(20)10-5-9(3)23-13(10)17-12(19)11-6-18-8(2)7-22-15(18)16-11/h5-7H,4H2,1-3H3,(H,17,19). The molecule has 0 aromatic carbocycles. The number of esters is 1. The van der Waals surface area contributed by atoms with Crippen molar-refractivity contribution in [3.05, 3.63) is 39.5 Å². The number of nitrogens with one attached hydrogen (secondary N) is 1. The van der Waals surface area contributed by atoms with Gasteiger partial charge in [0.05, 0.1) is 12.2 Å². The number of thiophene rings is 1. The van der Waals surface area contributed by atoms with Crippen molar-refractivity contribution in [2.75, 3.05) is 11.9 Å². The Bertz CT molecular complexity index is 891. The Morgan fingerprint density at radius 1 is 1.39 bits per heavy atom. The molecular weight excluding hydrogens is 334 g/mol. The average Bonchev–Trinajstić information content (AvgIpc) is 3.16. The maximum absolute atomic E-state index is 12.4. The number of imidazole rings is 1. The molecule has 3 aromatic rings. The Hall–Kier alpha value is -2.19. The van der Waals surface area contributed by atoms with Gasteiger partial charge in [0, 0.05) is 22.1 Å². The van der Waals surface area contributed by atoms with E-state index in [9.17, 15) is 9.59 Å². The average molecular weight is 349 g/mol. The van der Waals surface area contributed by atoms with Crippen molar-refractivity contribution in [1.29, 1.82) is 0 Å². The number of nitrogens with zero attached hydrogens (tertiary/aromatic N) is 2. The van der Waals surface area contributed by atoms with Gasteiger partial charge in [-0.25, -0.2) is 9.78 Å². The normalized spacial score (nSPS) is 10.9. The van der Waals surface area contributed by atoms with Gasteiger partial charge in [-0.3, -0.25) is 9.20 Å². The second-order valence-corrected chi connectivity index (χ2v) is 7.02. The number of fused-ring (bicyclic) bond motifs is 1. The molecule has 0 atom stereocenters. The molecule has 0 bridgehead atoms. The highest BCUT2D eigenvalue weighted by Crippen LogP contribution is 2.29. The van der Waals surface area contributed by atoms with Crippen LogP contribution in [0.3, 0.4) is 0 Å². The van der Waals surface area contributed by atoms with Gasteiger partial charge < -0.3 is 10.1 Å². The number of rotatable bonds is 4. The fourth-order valence-corrected chi connectivity index (χ4v) is 3.88. The van der Waals surface area contributed by atoms with Gasteiger partial charge in [-0.2, -0.15) is 0 Å². The smallest absolute Gasteiger partial charge is 0.341 e. The number of ether oxygens (including phenoxy) is 1. The summed E-state index contributed by atoms with van der Waals surface area (Å²) in [5.74, 6) is -0.776. The van der Waals surface area contributed by atoms with Crippen LogP contribution in [0.15, 0.2) is 17.6 Å². The fourth-order valence-electron chi connectivity index (χ4n) is 2.14. The van der Waals surface area contributed by atoms with E-state index in [-0.39, 0.29) is 12.5 Å². The van der Waals surface area contributed by atoms with Crippen LogP contribution in [0.2, 0.25) is 0 Å². The first-order valence-electron chi connectivity index (χ1n) is 7.01. The van der Waals surface area contributed by atoms with E-state index in [1.165, 1.54) is 22.7 Å². The number of anilines is 1. The molecule has 6 nitrogen and oxygen atoms in total. The minimum atomic E-state index is -0.436. The summed E-state index contributed by atoms with van der Waals surface area (Å²) < 4.78 is 6.89. The van der Waals surface area contributed by atoms with Gasteiger partial charge in [0.1, 0.15) is 10.7 Å². The molecule has 0 spiro atoms. The van der Waals surface area contributed by atoms with Crippen LogP contribution in [0, 0.1) is 13.8 Å². The van der Waals surface area contributed by atoms with E-state index in [2.05, 4.69) is 10.3 Å². The summed E-state index contributed by atoms with van der Waals surface area (Å²) >= 11 is 2.82. The fraction of sp³-hybridized carbons (Fsp3) is 0.267. The SMILES string of the molecule is CCOC(=O)c1cc(C)sc1NC(=O)c1cn2c(C)csc2n1. The minimum absolute atomic E-state index is 0.289. The summed E-state index contributed by atoms with van der Waals surface area (Å²) in [4.78, 5) is 30.4. The van der Waals surface area contributed by atoms with Crippen LogP contribution in [0.1, 0.15) is 38.3 Å². The molecule has 1 amide bonds. The van der Waals surface area contributed by atoms with Gasteiger partial charge in [0.2, 0.25) is 0 Å². The lowest BCUT2D eigenvalue weighted by molar-refractivity contribution is 0.0528. The molecule has 0 aliphatic rings. The number of aryl methyl sites for hydroxylation is 2. The lowest BCUT2D eigenvalue weighted by Gasteiger charge is -2.04. The van der Waals surface area contributed by atoms with Gasteiger partial charge in [0.25, 0.3) is 5.91 Å². The number of amides is 1. The zero-order valence-electron chi connectivity index (χ0n) is 12.9. The van der Waals surface area contributed by atoms with Crippen LogP contribution in [-0.2, 0) is 4.74 Å². The lowest BCUT2D eigenvalue weighted by atomic mass is 10.3. The van der Waals surface area contributed by atoms with Crippen molar-refractivity contribution >= 4 is 44.5 Å². The van der Waals surface area contributed by atoms with E-state index < -0.39 is 5.97 Å². The monoisotopic (exact) mass is 349 g/mol. The van der Waals surface area contributed by atoms with Crippen LogP contribution in [0.5, 0.6) is 0 Å². The second-order valence-electron chi connectivity index (χ2n) is 4.93. The van der Waals surface area contributed by atoms with Gasteiger partial charge in [0.15, 0.2) is 4.96 Å². The summed E-state index contributed by atoms with van der Waals surface area (Å²) in [6, 6.07) is 1.72. The topological polar surface area (TPSA) is 72.7 Å². The first kappa shape index (κ1) is 15.7. The molecule has 23 heavy (non-hydrogen) atoms. The maximum Gasteiger partial charge on any atom is 0.341 e. The summed E-state index contributed by atoms with van der Waals surface area (Å²) in [5.41, 5.74) is 1.72. The summed E-state index contributed by atoms with van der Waals surface area (Å²) in [6.45, 7) is 5.86. The van der Waals surface area contributed by atoms with E-state index in [1.54, 1.807) is 19.2 Å². The Morgan fingerprint density at radius 3 is 2.87 bits per heavy atom. The van der Waals surface area contributed by atoms with Crippen LogP contribution in [0.25, 0.3) is 4.96 Å². The minimum Gasteiger partial charge on any atom is -0.462 e. The zero-order chi connectivity index (χ0) is 16.6. The third-order valence-electron chi connectivity index (χ3n) is 3.20. The number of hydrogen-bond donors (Lipinski definition) is 1. The van der Waals surface area contributed by atoms with E-state index in [0.29, 0.717) is 16.3 Å². The number of thiazole rings is 1. The Labute approximate surface area is 140 Å². The molecule has 8 heteroatoms. The lowest BCUT2D eigenvalue weighted by Crippen LogP contribution is -2.14. The molecule has 3 rings (SSSR count). The first-order valence-corrected chi connectivity index (χ1v) is 8.71. The molecular formula is C15H15N3O3S2. The molecule has 0 aliphatic heterocycles. The highest BCUT2D eigenvalue weighted by Gasteiger charge is 2.20. The van der Waals surface area contributed by atoms with Crippen LogP contribution in [-0.4, -0.2) is 27.9 Å². The largest absolute Gasteiger partial charge is 0.462 e. The quantitative estimate of drug-likeness (QED) is 0.732. The Kier molecular flexibility index (Phi) is 4.18. The molecule has 120 valence electrons. The molecule has 0 unspecified atom stereocenters. The predicted molar refractivity (Wildman–Crippen MR) is 90.8 cm³/mol. The third-order valence-corrected chi connectivity index (χ3v) is 5.12. The molecule has 0 saturated heterocycles. The molecule has 3 aromatic heterocycles. The van der Waals surface area contributed by atoms with Crippen molar-refractivity contribution in [1.82, 2.24) is 9.38 Å². The Morgan fingerprint density at radius 2 is 2.17 bits per heavy atom. The predicted octanol–water partition coefficient (Wildman–Crippen LogP) is 3.50. The number of carbonyl (C=O) groups is 2. The van der Waals surface area contributed by atoms with Crippen molar-refractivity contribution in [3.63, 3.8) is 0 Å². The van der Waals surface area contributed by atoms with Gasteiger partial charge in [-0.15, -0.1) is 22.7 Å². The second kappa shape index (κ2) is 6.13. The highest BCUT2D eigenvalue weighted by atomic mass is 32.1. The molecule has 0 fully saturated rings. The van der Waals surface area contributed by atoms with E-state index in [4.69, 9.17) is 4.74 Å². The summed E-state index contributed by atoms with van der Waals surface area (Å²) in [7, 11) is 0. The molecule has 3 heterocycles. The van der Waals surface area contributed by atoms with Crippen LogP contribution in [0.4, 0.5) is 5.00 Å². The highest BCUT2D eigenvalue weighted by molar-refractivity contribution is 7.16. The van der Waals surface area contributed by atoms with Crippen LogP contribution < -0.4 is 5.32 Å². The number of aromatic nitrogens is 2. The van der Waals surface area contributed by atoms with Gasteiger partial charge in [-0.1, -0.05) is 0 Å². The molecule has 0 radical (unpaired) electrons. The summed E-state index contributed by atoms with van der Waals surface area (Å²) in [6.07, 6.45) is 1.70. The third kappa shape index (κ3) is 2.99. The number of hydrogen-bond acceptors (Lipinski definition) is 6. The zero-order valence-corrected chi connectivity index (χ0v) is 14.5. The van der Waals surface area contributed by atoms with Crippen molar-refractivity contribution in [3.8, 4) is 0 Å². The maximum atomic E-state index is 12.4. The molecule has 0 aliphatic carbocycles. The van der Waals surface area contributed by atoms with E-state index in [1.807, 2.05) is 23.6 Å². The van der Waals surface area contributed by atoms with Gasteiger partial charge in [-0.05, 0) is 26.8 Å². The molecule has 1 N–H and O–H groups in total. The van der Waals surface area contributed by atoms with Crippen LogP contribution >= 0.6 is 22.7 Å². The van der Waals surface area contributed by atoms with Gasteiger partial charge >= 0.3 is 5.97 Å². The number of carbonyl (C=O) groups excluding carboxylic acids is 2. The van der Waals surface area contributed by atoms with E-state index >= 15 is 0 Å². The Balaban J connectivity index is 1.86. The molecule has 0 saturated carbocycles. The summed E-state index contributed by atoms with van der Waals surface area (Å²) in [5, 5.41) is 5.23. The van der Waals surface area contributed by atoms with Crippen molar-refractivity contribution in [2.24, 2.45) is 0 Å². The van der Waals surface area contributed by atoms with Crippen molar-refractivity contribution in [2.45, 2.75) is 20.8 Å².